The Morgan fingerprint density at radius 2 is 2.24 bits per heavy atom. The molecule has 3 heterocycles. The highest BCUT2D eigenvalue weighted by molar-refractivity contribution is 6.04. The van der Waals surface area contributed by atoms with Crippen LogP contribution in [0.1, 0.15) is 12.8 Å². The van der Waals surface area contributed by atoms with Crippen molar-refractivity contribution in [1.29, 1.82) is 0 Å². The van der Waals surface area contributed by atoms with Crippen LogP contribution in [0.25, 0.3) is 22.3 Å². The van der Waals surface area contributed by atoms with Gasteiger partial charge in [0.1, 0.15) is 12.1 Å². The number of hydrogen-bond acceptors (Lipinski definition) is 6. The first kappa shape index (κ1) is 15.5. The van der Waals surface area contributed by atoms with Gasteiger partial charge in [0.2, 0.25) is 5.91 Å². The van der Waals surface area contributed by atoms with Crippen LogP contribution in [-0.4, -0.2) is 39.2 Å². The van der Waals surface area contributed by atoms with Gasteiger partial charge in [-0.1, -0.05) is 12.1 Å². The van der Waals surface area contributed by atoms with Gasteiger partial charge in [-0.3, -0.25) is 9.89 Å². The number of nitrogen functional groups attached to an aromatic ring is 1. The topological polar surface area (TPSA) is 122 Å². The second kappa shape index (κ2) is 6.48. The summed E-state index contributed by atoms with van der Waals surface area (Å²) in [6, 6.07) is 7.45. The van der Waals surface area contributed by atoms with Crippen LogP contribution >= 0.6 is 0 Å². The van der Waals surface area contributed by atoms with E-state index < -0.39 is 0 Å². The van der Waals surface area contributed by atoms with E-state index in [1.165, 1.54) is 6.33 Å². The van der Waals surface area contributed by atoms with Gasteiger partial charge in [-0.15, -0.1) is 0 Å². The summed E-state index contributed by atoms with van der Waals surface area (Å²) < 4.78 is 0. The molecule has 0 aliphatic carbocycles. The van der Waals surface area contributed by atoms with Gasteiger partial charge in [-0.25, -0.2) is 9.97 Å². The van der Waals surface area contributed by atoms with Crippen LogP contribution in [0.4, 0.5) is 11.5 Å². The lowest BCUT2D eigenvalue weighted by atomic mass is 9.99. The van der Waals surface area contributed by atoms with E-state index in [-0.39, 0.29) is 11.8 Å². The van der Waals surface area contributed by atoms with E-state index in [1.807, 2.05) is 24.3 Å². The average Bonchev–Trinajstić information content (AvgIpc) is 3.08. The van der Waals surface area contributed by atoms with Gasteiger partial charge in [0.15, 0.2) is 5.65 Å². The number of nitrogens with two attached hydrogens (primary N) is 1. The Bertz CT molecular complexity index is 914. The normalized spacial score (nSPS) is 17.5. The van der Waals surface area contributed by atoms with Crippen LogP contribution in [0.3, 0.4) is 0 Å². The number of amides is 1. The zero-order valence-corrected chi connectivity index (χ0v) is 13.6. The largest absolute Gasteiger partial charge is 0.399 e. The number of fused-ring (bicyclic) bond motifs is 1. The van der Waals surface area contributed by atoms with Crippen LogP contribution in [0.2, 0.25) is 0 Å². The first-order chi connectivity index (χ1) is 12.2. The molecule has 2 aromatic heterocycles. The molecule has 1 aliphatic heterocycles. The molecular formula is C17H19N7O. The zero-order valence-electron chi connectivity index (χ0n) is 13.6. The highest BCUT2D eigenvalue weighted by atomic mass is 16.2. The second-order valence-electron chi connectivity index (χ2n) is 6.18. The molecule has 1 atom stereocenters. The number of nitrogens with one attached hydrogen (secondary N) is 3. The molecule has 8 nitrogen and oxygen atoms in total. The third-order valence-electron chi connectivity index (χ3n) is 4.44. The Kier molecular flexibility index (Phi) is 4.02. The number of anilines is 2. The summed E-state index contributed by atoms with van der Waals surface area (Å²) in [5.74, 6) is 0.375. The fourth-order valence-corrected chi connectivity index (χ4v) is 3.15. The first-order valence-corrected chi connectivity index (χ1v) is 8.29. The van der Waals surface area contributed by atoms with Crippen molar-refractivity contribution in [3.63, 3.8) is 0 Å². The molecule has 0 saturated carbocycles. The van der Waals surface area contributed by atoms with Gasteiger partial charge in [0.25, 0.3) is 0 Å². The molecule has 1 saturated heterocycles. The summed E-state index contributed by atoms with van der Waals surface area (Å²) in [6.45, 7) is 1.65. The van der Waals surface area contributed by atoms with Gasteiger partial charge in [-0.05, 0) is 31.5 Å². The minimum Gasteiger partial charge on any atom is -0.399 e. The number of aromatic nitrogens is 4. The van der Waals surface area contributed by atoms with Gasteiger partial charge >= 0.3 is 0 Å². The maximum atomic E-state index is 12.6. The summed E-state index contributed by atoms with van der Waals surface area (Å²) in [4.78, 5) is 21.0. The molecule has 1 fully saturated rings. The summed E-state index contributed by atoms with van der Waals surface area (Å²) in [5, 5.41) is 14.1. The quantitative estimate of drug-likeness (QED) is 0.538. The lowest BCUT2D eigenvalue weighted by Gasteiger charge is -2.21. The van der Waals surface area contributed by atoms with Crippen molar-refractivity contribution in [2.75, 3.05) is 24.1 Å². The SMILES string of the molecule is Nc1cccc(-c2[nH]nc3ncnc(NC(=O)C4CCCNC4)c23)c1. The maximum absolute atomic E-state index is 12.6. The number of hydrogen-bond donors (Lipinski definition) is 4. The van der Waals surface area contributed by atoms with Gasteiger partial charge < -0.3 is 16.4 Å². The second-order valence-corrected chi connectivity index (χ2v) is 6.18. The van der Waals surface area contributed by atoms with Crippen molar-refractivity contribution in [3.05, 3.63) is 30.6 Å². The Labute approximate surface area is 144 Å². The standard InChI is InChI=1S/C17H19N7O/c18-12-5-1-3-10(7-12)14-13-15(20-9-21-16(13)24-23-14)22-17(25)11-4-2-6-19-8-11/h1,3,5,7,9,11,19H,2,4,6,8,18H2,(H2,20,21,22,23,24,25). The molecule has 128 valence electrons. The Morgan fingerprint density at radius 1 is 1.32 bits per heavy atom. The molecule has 1 aliphatic rings. The highest BCUT2D eigenvalue weighted by Crippen LogP contribution is 2.31. The van der Waals surface area contributed by atoms with Gasteiger partial charge in [-0.2, -0.15) is 5.10 Å². The smallest absolute Gasteiger partial charge is 0.229 e. The van der Waals surface area contributed by atoms with E-state index in [0.29, 0.717) is 29.1 Å². The molecule has 1 aromatic carbocycles. The molecule has 5 N–H and O–H groups in total. The predicted octanol–water partition coefficient (Wildman–Crippen LogP) is 1.54. The molecule has 25 heavy (non-hydrogen) atoms. The fourth-order valence-electron chi connectivity index (χ4n) is 3.15. The summed E-state index contributed by atoms with van der Waals surface area (Å²) in [5.41, 5.74) is 8.64. The summed E-state index contributed by atoms with van der Waals surface area (Å²) in [7, 11) is 0. The predicted molar refractivity (Wildman–Crippen MR) is 95.8 cm³/mol. The third kappa shape index (κ3) is 3.03. The average molecular weight is 337 g/mol. The van der Waals surface area contributed by atoms with Crippen molar-refractivity contribution in [2.45, 2.75) is 12.8 Å². The maximum Gasteiger partial charge on any atom is 0.229 e. The van der Waals surface area contributed by atoms with E-state index in [9.17, 15) is 4.79 Å². The van der Waals surface area contributed by atoms with E-state index in [1.54, 1.807) is 0 Å². The van der Waals surface area contributed by atoms with E-state index in [4.69, 9.17) is 5.73 Å². The Balaban J connectivity index is 1.71. The molecule has 3 aromatic rings. The molecule has 1 amide bonds. The number of H-pyrrole nitrogens is 1. The van der Waals surface area contributed by atoms with Crippen LogP contribution in [0.5, 0.6) is 0 Å². The lowest BCUT2D eigenvalue weighted by molar-refractivity contribution is -0.120. The zero-order chi connectivity index (χ0) is 17.2. The molecular weight excluding hydrogens is 318 g/mol. The minimum absolute atomic E-state index is 0.0353. The summed E-state index contributed by atoms with van der Waals surface area (Å²) in [6.07, 6.45) is 3.28. The molecule has 4 rings (SSSR count). The number of benzene rings is 1. The monoisotopic (exact) mass is 337 g/mol. The molecule has 1 unspecified atom stereocenters. The van der Waals surface area contributed by atoms with E-state index >= 15 is 0 Å². The van der Waals surface area contributed by atoms with Gasteiger partial charge in [0, 0.05) is 17.8 Å². The number of carbonyl (C=O) groups is 1. The van der Waals surface area contributed by atoms with Gasteiger partial charge in [0.05, 0.1) is 17.0 Å². The number of piperidine rings is 1. The number of aromatic amines is 1. The number of nitrogens with zero attached hydrogens (tertiary/aromatic N) is 3. The molecule has 0 spiro atoms. The van der Waals surface area contributed by atoms with Crippen molar-refractivity contribution in [1.82, 2.24) is 25.5 Å². The first-order valence-electron chi connectivity index (χ1n) is 8.29. The van der Waals surface area contributed by atoms with Crippen LogP contribution in [0.15, 0.2) is 30.6 Å². The van der Waals surface area contributed by atoms with Crippen LogP contribution < -0.4 is 16.4 Å². The van der Waals surface area contributed by atoms with Crippen LogP contribution in [-0.2, 0) is 4.79 Å². The van der Waals surface area contributed by atoms with E-state index in [0.717, 1.165) is 30.6 Å². The number of carbonyl (C=O) groups excluding carboxylic acids is 1. The summed E-state index contributed by atoms with van der Waals surface area (Å²) >= 11 is 0. The van der Waals surface area contributed by atoms with E-state index in [2.05, 4.69) is 30.8 Å². The molecule has 0 radical (unpaired) electrons. The van der Waals surface area contributed by atoms with Crippen molar-refractivity contribution in [3.8, 4) is 11.3 Å². The highest BCUT2D eigenvalue weighted by Gasteiger charge is 2.23. The third-order valence-corrected chi connectivity index (χ3v) is 4.44. The number of rotatable bonds is 3. The van der Waals surface area contributed by atoms with Crippen molar-refractivity contribution in [2.24, 2.45) is 5.92 Å². The fraction of sp³-hybridized carbons (Fsp3) is 0.294. The minimum atomic E-state index is -0.0542. The van der Waals surface area contributed by atoms with Crippen molar-refractivity contribution < 1.29 is 4.79 Å². The van der Waals surface area contributed by atoms with Crippen LogP contribution in [0, 0.1) is 5.92 Å². The lowest BCUT2D eigenvalue weighted by Crippen LogP contribution is -2.37. The Hall–Kier alpha value is -3.00. The van der Waals surface area contributed by atoms with Crippen molar-refractivity contribution >= 4 is 28.4 Å². The molecule has 8 heteroatoms. The molecule has 0 bridgehead atoms. The Morgan fingerprint density at radius 3 is 3.04 bits per heavy atom.